The van der Waals surface area contributed by atoms with Gasteiger partial charge in [-0.25, -0.2) is 9.79 Å². The molecule has 0 unspecified atom stereocenters. The van der Waals surface area contributed by atoms with Crippen molar-refractivity contribution in [2.75, 3.05) is 6.61 Å². The number of fused-ring (bicyclic) bond motifs is 1. The molecule has 1 atom stereocenters. The van der Waals surface area contributed by atoms with Gasteiger partial charge in [0.25, 0.3) is 5.56 Å². The first-order valence-corrected chi connectivity index (χ1v) is 14.8. The molecule has 1 aliphatic rings. The predicted molar refractivity (Wildman–Crippen MR) is 161 cm³/mol. The van der Waals surface area contributed by atoms with Gasteiger partial charge in [-0.2, -0.15) is 0 Å². The molecule has 0 saturated heterocycles. The third-order valence-electron chi connectivity index (χ3n) is 6.23. The molecule has 0 amide bonds. The Labute approximate surface area is 245 Å². The molecule has 0 aliphatic carbocycles. The molecule has 4 aromatic rings. The second-order valence-corrected chi connectivity index (χ2v) is 11.9. The van der Waals surface area contributed by atoms with Crippen LogP contribution in [0.3, 0.4) is 0 Å². The Balaban J connectivity index is 1.81. The second kappa shape index (κ2) is 11.2. The lowest BCUT2D eigenvalue weighted by molar-refractivity contribution is -0.138. The van der Waals surface area contributed by atoms with Crippen molar-refractivity contribution in [1.29, 1.82) is 0 Å². The maximum Gasteiger partial charge on any atom is 0.338 e. The van der Waals surface area contributed by atoms with Crippen LogP contribution in [-0.4, -0.2) is 17.1 Å². The minimum atomic E-state index is -0.702. The van der Waals surface area contributed by atoms with Gasteiger partial charge in [0.1, 0.15) is 5.76 Å². The second-order valence-electron chi connectivity index (χ2n) is 9.02. The molecule has 0 saturated carbocycles. The number of carbonyl (C=O) groups excluding carboxylic acids is 1. The SMILES string of the molecule is CCOC(=O)C1=C(c2ccccc2)N=c2s/c(=C/c3cc(Br)c(I)o3)c(=O)n2[C@H]1c1ccc(C(C)C)cc1. The molecule has 2 aromatic heterocycles. The Hall–Kier alpha value is -2.76. The molecule has 5 rings (SSSR count). The van der Waals surface area contributed by atoms with Crippen LogP contribution < -0.4 is 14.9 Å². The van der Waals surface area contributed by atoms with Crippen molar-refractivity contribution in [3.8, 4) is 0 Å². The third-order valence-corrected chi connectivity index (χ3v) is 9.34. The molecule has 3 heterocycles. The van der Waals surface area contributed by atoms with Crippen LogP contribution in [0.4, 0.5) is 0 Å². The van der Waals surface area contributed by atoms with Crippen molar-refractivity contribution in [2.45, 2.75) is 32.7 Å². The van der Waals surface area contributed by atoms with E-state index in [0.29, 0.717) is 36.0 Å². The van der Waals surface area contributed by atoms with Gasteiger partial charge >= 0.3 is 5.97 Å². The molecule has 0 radical (unpaired) electrons. The molecule has 9 heteroatoms. The summed E-state index contributed by atoms with van der Waals surface area (Å²) in [5, 5.41) is 0. The summed E-state index contributed by atoms with van der Waals surface area (Å²) in [4.78, 5) is 32.8. The fourth-order valence-corrected chi connectivity index (χ4v) is 6.08. The monoisotopic (exact) mass is 702 g/mol. The lowest BCUT2D eigenvalue weighted by Crippen LogP contribution is -2.40. The first-order chi connectivity index (χ1) is 18.3. The number of halogens is 2. The Morgan fingerprint density at radius 3 is 2.53 bits per heavy atom. The largest absolute Gasteiger partial charge is 0.463 e. The molecular formula is C29H24BrIN2O4S. The van der Waals surface area contributed by atoms with Crippen molar-refractivity contribution in [3.05, 3.63) is 117 Å². The number of esters is 1. The van der Waals surface area contributed by atoms with Crippen molar-refractivity contribution < 1.29 is 13.9 Å². The van der Waals surface area contributed by atoms with E-state index < -0.39 is 12.0 Å². The number of thiazole rings is 1. The van der Waals surface area contributed by atoms with E-state index in [1.807, 2.05) is 60.7 Å². The Morgan fingerprint density at radius 1 is 1.21 bits per heavy atom. The van der Waals surface area contributed by atoms with Crippen LogP contribution in [-0.2, 0) is 9.53 Å². The zero-order valence-corrected chi connectivity index (χ0v) is 25.5. The van der Waals surface area contributed by atoms with E-state index in [9.17, 15) is 9.59 Å². The maximum absolute atomic E-state index is 13.9. The van der Waals surface area contributed by atoms with E-state index >= 15 is 0 Å². The van der Waals surface area contributed by atoms with Gasteiger partial charge in [-0.15, -0.1) is 0 Å². The van der Waals surface area contributed by atoms with Crippen molar-refractivity contribution in [1.82, 2.24) is 4.57 Å². The van der Waals surface area contributed by atoms with Gasteiger partial charge in [0.05, 0.1) is 32.9 Å². The van der Waals surface area contributed by atoms with E-state index in [1.165, 1.54) is 16.9 Å². The summed E-state index contributed by atoms with van der Waals surface area (Å²) in [6.45, 7) is 6.23. The average molecular weight is 703 g/mol. The van der Waals surface area contributed by atoms with Crippen LogP contribution in [0, 0.1) is 3.77 Å². The van der Waals surface area contributed by atoms with Gasteiger partial charge in [0, 0.05) is 34.2 Å². The minimum Gasteiger partial charge on any atom is -0.463 e. The van der Waals surface area contributed by atoms with Crippen molar-refractivity contribution in [3.63, 3.8) is 0 Å². The highest BCUT2D eigenvalue weighted by molar-refractivity contribution is 14.1. The normalized spacial score (nSPS) is 15.5. The van der Waals surface area contributed by atoms with E-state index in [2.05, 4.69) is 52.4 Å². The average Bonchev–Trinajstić information content (AvgIpc) is 3.40. The van der Waals surface area contributed by atoms with E-state index in [0.717, 1.165) is 15.6 Å². The molecule has 0 spiro atoms. The highest BCUT2D eigenvalue weighted by Crippen LogP contribution is 2.35. The number of ether oxygens (including phenoxy) is 1. The highest BCUT2D eigenvalue weighted by Gasteiger charge is 2.35. The zero-order chi connectivity index (χ0) is 27.0. The highest BCUT2D eigenvalue weighted by atomic mass is 127. The molecule has 1 aliphatic heterocycles. The first-order valence-electron chi connectivity index (χ1n) is 12.1. The van der Waals surface area contributed by atoms with E-state index in [4.69, 9.17) is 14.1 Å². The number of aromatic nitrogens is 1. The van der Waals surface area contributed by atoms with Crippen LogP contribution in [0.5, 0.6) is 0 Å². The van der Waals surface area contributed by atoms with Gasteiger partial charge < -0.3 is 9.15 Å². The van der Waals surface area contributed by atoms with Gasteiger partial charge in [0.15, 0.2) is 8.57 Å². The number of carbonyl (C=O) groups is 1. The van der Waals surface area contributed by atoms with Crippen molar-refractivity contribution in [2.24, 2.45) is 4.99 Å². The summed E-state index contributed by atoms with van der Waals surface area (Å²) in [6.07, 6.45) is 1.71. The fraction of sp³-hybridized carbons (Fsp3) is 0.207. The van der Waals surface area contributed by atoms with Gasteiger partial charge in [-0.1, -0.05) is 79.8 Å². The van der Waals surface area contributed by atoms with Crippen LogP contribution in [0.1, 0.15) is 55.2 Å². The smallest absolute Gasteiger partial charge is 0.338 e. The Bertz CT molecular complexity index is 1700. The summed E-state index contributed by atoms with van der Waals surface area (Å²) in [6, 6.07) is 18.7. The standard InChI is InChI=1S/C29H24BrIN2O4S/c1-4-36-28(35)23-24(18-8-6-5-7-9-18)32-29-33(25(23)19-12-10-17(11-13-19)16(2)3)27(34)22(38-29)15-20-14-21(30)26(31)37-20/h5-16,25H,4H2,1-3H3/b22-15+/t25-/m0/s1. The van der Waals surface area contributed by atoms with Gasteiger partial charge in [-0.3, -0.25) is 9.36 Å². The molecule has 0 bridgehead atoms. The quantitative estimate of drug-likeness (QED) is 0.182. The molecule has 6 nitrogen and oxygen atoms in total. The number of furan rings is 1. The minimum absolute atomic E-state index is 0.208. The number of rotatable bonds is 6. The summed E-state index contributed by atoms with van der Waals surface area (Å²) < 4.78 is 14.9. The lowest BCUT2D eigenvalue weighted by atomic mass is 9.91. The molecule has 0 N–H and O–H groups in total. The fourth-order valence-electron chi connectivity index (χ4n) is 4.38. The number of hydrogen-bond acceptors (Lipinski definition) is 6. The third kappa shape index (κ3) is 5.11. The van der Waals surface area contributed by atoms with Crippen LogP contribution in [0.15, 0.2) is 84.9 Å². The molecule has 194 valence electrons. The molecule has 0 fully saturated rings. The zero-order valence-electron chi connectivity index (χ0n) is 20.9. The maximum atomic E-state index is 13.9. The number of hydrogen-bond donors (Lipinski definition) is 0. The summed E-state index contributed by atoms with van der Waals surface area (Å²) in [5.74, 6) is 0.408. The number of benzene rings is 2. The Morgan fingerprint density at radius 2 is 1.92 bits per heavy atom. The molecule has 2 aromatic carbocycles. The molecule has 38 heavy (non-hydrogen) atoms. The summed E-state index contributed by atoms with van der Waals surface area (Å²) >= 11 is 6.81. The predicted octanol–water partition coefficient (Wildman–Crippen LogP) is 6.02. The first kappa shape index (κ1) is 26.8. The molecular weight excluding hydrogens is 679 g/mol. The summed E-state index contributed by atoms with van der Waals surface area (Å²) in [5.41, 5.74) is 3.35. The van der Waals surface area contributed by atoms with Crippen LogP contribution in [0.2, 0.25) is 0 Å². The lowest BCUT2D eigenvalue weighted by Gasteiger charge is -2.26. The topological polar surface area (TPSA) is 73.8 Å². The van der Waals surface area contributed by atoms with Gasteiger partial charge in [0.2, 0.25) is 0 Å². The van der Waals surface area contributed by atoms with Crippen molar-refractivity contribution >= 4 is 67.6 Å². The Kier molecular flexibility index (Phi) is 7.88. The van der Waals surface area contributed by atoms with Crippen LogP contribution >= 0.6 is 49.9 Å². The van der Waals surface area contributed by atoms with E-state index in [1.54, 1.807) is 17.6 Å². The van der Waals surface area contributed by atoms with Gasteiger partial charge in [-0.05, 0) is 46.0 Å². The summed E-state index contributed by atoms with van der Waals surface area (Å²) in [7, 11) is 0. The van der Waals surface area contributed by atoms with Crippen LogP contribution in [0.25, 0.3) is 11.8 Å². The van der Waals surface area contributed by atoms with E-state index in [-0.39, 0.29) is 12.2 Å². The number of nitrogens with zero attached hydrogens (tertiary/aromatic N) is 2.